The number of thiophene rings is 1. The normalized spacial score (nSPS) is 10.4. The summed E-state index contributed by atoms with van der Waals surface area (Å²) in [4.78, 5) is 4.98. The number of oxazole rings is 1. The number of hydrogen-bond acceptors (Lipinski definition) is 6. The molecule has 0 saturated heterocycles. The predicted octanol–water partition coefficient (Wildman–Crippen LogP) is 3.09. The van der Waals surface area contributed by atoms with Crippen molar-refractivity contribution in [2.45, 2.75) is 6.92 Å². The molecule has 2 aromatic rings. The smallest absolute Gasteiger partial charge is 0.252 e. The van der Waals surface area contributed by atoms with Crippen molar-refractivity contribution in [2.75, 3.05) is 5.43 Å². The van der Waals surface area contributed by atoms with E-state index >= 15 is 0 Å². The highest BCUT2D eigenvalue weighted by Crippen LogP contribution is 2.20. The summed E-state index contributed by atoms with van der Waals surface area (Å²) in [5, 5.41) is 14.8. The molecule has 90 valence electrons. The summed E-state index contributed by atoms with van der Waals surface area (Å²) in [6.45, 7) is 5.46. The Balaban J connectivity index is 2.14. The predicted molar refractivity (Wildman–Crippen MR) is 71.5 cm³/mol. The van der Waals surface area contributed by atoms with Gasteiger partial charge in [-0.1, -0.05) is 12.6 Å². The minimum absolute atomic E-state index is 0.163. The van der Waals surface area contributed by atoms with Crippen LogP contribution in [0.15, 0.2) is 33.6 Å². The number of hydrazone groups is 1. The fraction of sp³-hybridized carbons (Fsp3) is 0.0833. The Bertz CT molecular complexity index is 619. The molecule has 2 heterocycles. The van der Waals surface area contributed by atoms with Crippen molar-refractivity contribution in [3.05, 3.63) is 40.6 Å². The van der Waals surface area contributed by atoms with E-state index in [2.05, 4.69) is 22.1 Å². The molecule has 0 bridgehead atoms. The lowest BCUT2D eigenvalue weighted by atomic mass is 10.3. The maximum atomic E-state index is 8.90. The van der Waals surface area contributed by atoms with E-state index in [1.807, 2.05) is 23.6 Å². The summed E-state index contributed by atoms with van der Waals surface area (Å²) in [7, 11) is 0. The SMILES string of the molecule is C=C(C)c1nc(C#N)c(NN=Cc2cccs2)o1. The molecule has 0 aliphatic rings. The summed E-state index contributed by atoms with van der Waals surface area (Å²) in [6.07, 6.45) is 1.65. The molecule has 0 spiro atoms. The Morgan fingerprint density at radius 2 is 2.56 bits per heavy atom. The van der Waals surface area contributed by atoms with Gasteiger partial charge in [-0.3, -0.25) is 0 Å². The van der Waals surface area contributed by atoms with Crippen molar-refractivity contribution in [3.63, 3.8) is 0 Å². The number of allylic oxidation sites excluding steroid dienone is 1. The van der Waals surface area contributed by atoms with Crippen LogP contribution in [0.5, 0.6) is 0 Å². The fourth-order valence-corrected chi connectivity index (χ4v) is 1.76. The van der Waals surface area contributed by atoms with Crippen LogP contribution in [0.4, 0.5) is 5.88 Å². The van der Waals surface area contributed by atoms with Gasteiger partial charge in [0, 0.05) is 10.5 Å². The van der Waals surface area contributed by atoms with Crippen LogP contribution in [-0.2, 0) is 0 Å². The summed E-state index contributed by atoms with van der Waals surface area (Å²) < 4.78 is 5.33. The molecule has 0 unspecified atom stereocenters. The number of nitrogens with one attached hydrogen (secondary N) is 1. The van der Waals surface area contributed by atoms with E-state index in [1.165, 1.54) is 0 Å². The van der Waals surface area contributed by atoms with Gasteiger partial charge < -0.3 is 4.42 Å². The number of hydrogen-bond donors (Lipinski definition) is 1. The molecule has 2 rings (SSSR count). The zero-order valence-electron chi connectivity index (χ0n) is 9.67. The molecule has 5 nitrogen and oxygen atoms in total. The first-order valence-corrected chi connectivity index (χ1v) is 5.98. The number of nitriles is 1. The molecule has 1 N–H and O–H groups in total. The van der Waals surface area contributed by atoms with Gasteiger partial charge in [0.1, 0.15) is 6.07 Å². The minimum Gasteiger partial charge on any atom is -0.418 e. The first kappa shape index (κ1) is 12.1. The highest BCUT2D eigenvalue weighted by atomic mass is 32.1. The Morgan fingerprint density at radius 3 is 3.17 bits per heavy atom. The van der Waals surface area contributed by atoms with Gasteiger partial charge in [0.05, 0.1) is 6.21 Å². The van der Waals surface area contributed by atoms with Gasteiger partial charge in [0.15, 0.2) is 0 Å². The van der Waals surface area contributed by atoms with Crippen molar-refractivity contribution in [1.82, 2.24) is 4.98 Å². The van der Waals surface area contributed by atoms with Crippen molar-refractivity contribution < 1.29 is 4.42 Å². The van der Waals surface area contributed by atoms with Crippen molar-refractivity contribution in [1.29, 1.82) is 5.26 Å². The second kappa shape index (κ2) is 5.29. The van der Waals surface area contributed by atoms with Crippen LogP contribution in [0.3, 0.4) is 0 Å². The van der Waals surface area contributed by atoms with Crippen LogP contribution in [0.25, 0.3) is 5.57 Å². The highest BCUT2D eigenvalue weighted by Gasteiger charge is 2.12. The number of nitrogens with zero attached hydrogens (tertiary/aromatic N) is 3. The number of rotatable bonds is 4. The number of anilines is 1. The summed E-state index contributed by atoms with van der Waals surface area (Å²) in [5.74, 6) is 0.559. The van der Waals surface area contributed by atoms with Crippen molar-refractivity contribution >= 4 is 29.0 Å². The summed E-state index contributed by atoms with van der Waals surface area (Å²) in [5.41, 5.74) is 3.48. The van der Waals surface area contributed by atoms with Crippen molar-refractivity contribution in [3.8, 4) is 6.07 Å². The molecule has 18 heavy (non-hydrogen) atoms. The zero-order valence-corrected chi connectivity index (χ0v) is 10.5. The van der Waals surface area contributed by atoms with E-state index in [9.17, 15) is 0 Å². The molecule has 0 radical (unpaired) electrons. The quantitative estimate of drug-likeness (QED) is 0.675. The van der Waals surface area contributed by atoms with Gasteiger partial charge in [-0.2, -0.15) is 15.3 Å². The van der Waals surface area contributed by atoms with Crippen LogP contribution in [0.1, 0.15) is 23.4 Å². The van der Waals surface area contributed by atoms with Gasteiger partial charge in [-0.25, -0.2) is 5.43 Å². The average Bonchev–Trinajstić information content (AvgIpc) is 2.97. The van der Waals surface area contributed by atoms with Crippen LogP contribution in [0.2, 0.25) is 0 Å². The third-order valence-corrected chi connectivity index (χ3v) is 2.81. The van der Waals surface area contributed by atoms with Crippen LogP contribution >= 0.6 is 11.3 Å². The monoisotopic (exact) mass is 258 g/mol. The molecule has 0 amide bonds. The Labute approximate surface area is 108 Å². The molecule has 2 aromatic heterocycles. The van der Waals surface area contributed by atoms with Gasteiger partial charge in [0.25, 0.3) is 5.88 Å². The van der Waals surface area contributed by atoms with Crippen molar-refractivity contribution in [2.24, 2.45) is 5.10 Å². The molecule has 6 heteroatoms. The summed E-state index contributed by atoms with van der Waals surface area (Å²) >= 11 is 1.56. The highest BCUT2D eigenvalue weighted by molar-refractivity contribution is 7.11. The molecule has 0 aromatic carbocycles. The second-order valence-corrected chi connectivity index (χ2v) is 4.45. The van der Waals surface area contributed by atoms with Gasteiger partial charge in [-0.05, 0) is 18.4 Å². The number of aromatic nitrogens is 1. The lowest BCUT2D eigenvalue weighted by Crippen LogP contribution is -1.90. The standard InChI is InChI=1S/C12H10N4OS/c1-8(2)11-15-10(6-13)12(17-11)16-14-7-9-4-3-5-18-9/h3-5,7,16H,1H2,2H3. The minimum atomic E-state index is 0.163. The Kier molecular flexibility index (Phi) is 3.55. The topological polar surface area (TPSA) is 74.2 Å². The van der Waals surface area contributed by atoms with E-state index in [4.69, 9.17) is 9.68 Å². The maximum absolute atomic E-state index is 8.90. The molecular formula is C12H10N4OS. The van der Waals surface area contributed by atoms with E-state index in [-0.39, 0.29) is 11.6 Å². The second-order valence-electron chi connectivity index (χ2n) is 3.47. The maximum Gasteiger partial charge on any atom is 0.252 e. The van der Waals surface area contributed by atoms with Crippen LogP contribution < -0.4 is 5.43 Å². The van der Waals surface area contributed by atoms with E-state index < -0.39 is 0 Å². The molecule has 0 fully saturated rings. The zero-order chi connectivity index (χ0) is 13.0. The van der Waals surface area contributed by atoms with E-state index in [0.717, 1.165) is 4.88 Å². The molecule has 0 aliphatic carbocycles. The first-order valence-electron chi connectivity index (χ1n) is 5.10. The lowest BCUT2D eigenvalue weighted by Gasteiger charge is -1.93. The van der Waals surface area contributed by atoms with Gasteiger partial charge in [-0.15, -0.1) is 11.3 Å². The fourth-order valence-electron chi connectivity index (χ4n) is 1.17. The van der Waals surface area contributed by atoms with Gasteiger partial charge in [0.2, 0.25) is 11.6 Å². The third kappa shape index (κ3) is 2.64. The first-order chi connectivity index (χ1) is 8.70. The largest absolute Gasteiger partial charge is 0.418 e. The van der Waals surface area contributed by atoms with Crippen LogP contribution in [-0.4, -0.2) is 11.2 Å². The Morgan fingerprint density at radius 1 is 1.72 bits per heavy atom. The molecule has 0 aliphatic heterocycles. The lowest BCUT2D eigenvalue weighted by molar-refractivity contribution is 0.554. The molecule has 0 atom stereocenters. The third-order valence-electron chi connectivity index (χ3n) is 2.00. The average molecular weight is 258 g/mol. The van der Waals surface area contributed by atoms with Gasteiger partial charge >= 0.3 is 0 Å². The molecule has 0 saturated carbocycles. The Hall–Kier alpha value is -2.39. The summed E-state index contributed by atoms with van der Waals surface area (Å²) in [6, 6.07) is 5.80. The van der Waals surface area contributed by atoms with Crippen LogP contribution in [0, 0.1) is 11.3 Å². The van der Waals surface area contributed by atoms with E-state index in [1.54, 1.807) is 24.5 Å². The van der Waals surface area contributed by atoms with E-state index in [0.29, 0.717) is 11.5 Å². The molecular weight excluding hydrogens is 248 g/mol.